The molecule has 0 aromatic heterocycles. The van der Waals surface area contributed by atoms with Crippen LogP contribution in [-0.2, 0) is 9.59 Å². The molecule has 1 aliphatic rings. The number of carbonyl (C=O) groups is 2. The highest BCUT2D eigenvalue weighted by atomic mass is 32.2. The number of amides is 1. The molecule has 1 amide bonds. The highest BCUT2D eigenvalue weighted by Crippen LogP contribution is 2.27. The lowest BCUT2D eigenvalue weighted by molar-refractivity contribution is -0.138. The molecule has 1 heterocycles. The first kappa shape index (κ1) is 16.8. The second-order valence-corrected chi connectivity index (χ2v) is 5.65. The van der Waals surface area contributed by atoms with E-state index >= 15 is 0 Å². The van der Waals surface area contributed by atoms with E-state index < -0.39 is 11.2 Å². The molecule has 23 heavy (non-hydrogen) atoms. The molecule has 1 saturated heterocycles. The van der Waals surface area contributed by atoms with Gasteiger partial charge in [-0.15, -0.1) is 5.10 Å². The number of methoxy groups -OCH3 is 2. The van der Waals surface area contributed by atoms with Crippen molar-refractivity contribution in [3.05, 3.63) is 23.8 Å². The normalized spacial score (nSPS) is 19.1. The van der Waals surface area contributed by atoms with E-state index in [1.54, 1.807) is 25.3 Å². The highest BCUT2D eigenvalue weighted by Gasteiger charge is 2.32. The van der Waals surface area contributed by atoms with Crippen LogP contribution >= 0.6 is 11.8 Å². The lowest BCUT2D eigenvalue weighted by Gasteiger charge is -2.07. The summed E-state index contributed by atoms with van der Waals surface area (Å²) < 4.78 is 10.3. The fourth-order valence-corrected chi connectivity index (χ4v) is 2.74. The standard InChI is InChI=1S/C14H15N3O5S/c1-21-9-4-3-8(5-10(9)22-2)7-15-17-14-16-13(20)11(23-14)6-12(18)19/h3-5,7,11H,6H2,1-2H3,(H,18,19)(H,16,17,20)/b15-7+/t11-/m0/s1. The zero-order valence-electron chi connectivity index (χ0n) is 12.5. The summed E-state index contributed by atoms with van der Waals surface area (Å²) in [6.45, 7) is 0. The number of aliphatic carboxylic acids is 1. The van der Waals surface area contributed by atoms with Crippen LogP contribution in [0.15, 0.2) is 28.4 Å². The number of hydrogen-bond acceptors (Lipinski definition) is 7. The fourth-order valence-electron chi connectivity index (χ4n) is 1.83. The number of thioether (sulfide) groups is 1. The summed E-state index contributed by atoms with van der Waals surface area (Å²) in [5.41, 5.74) is 0.739. The average molecular weight is 337 g/mol. The maximum Gasteiger partial charge on any atom is 0.305 e. The molecule has 1 atom stereocenters. The molecule has 1 fully saturated rings. The second kappa shape index (κ2) is 7.63. The lowest BCUT2D eigenvalue weighted by Crippen LogP contribution is -2.26. The average Bonchev–Trinajstić information content (AvgIpc) is 2.86. The molecule has 0 saturated carbocycles. The zero-order valence-corrected chi connectivity index (χ0v) is 13.3. The van der Waals surface area contributed by atoms with Gasteiger partial charge in [-0.1, -0.05) is 11.8 Å². The van der Waals surface area contributed by atoms with Crippen molar-refractivity contribution >= 4 is 35.0 Å². The molecule has 1 aromatic rings. The van der Waals surface area contributed by atoms with E-state index in [1.165, 1.54) is 13.3 Å². The molecule has 8 nitrogen and oxygen atoms in total. The molecule has 9 heteroatoms. The van der Waals surface area contributed by atoms with Gasteiger partial charge in [0.1, 0.15) is 5.25 Å². The van der Waals surface area contributed by atoms with Crippen LogP contribution in [0.1, 0.15) is 12.0 Å². The van der Waals surface area contributed by atoms with Gasteiger partial charge in [0.05, 0.1) is 26.9 Å². The third-order valence-corrected chi connectivity index (χ3v) is 3.97. The van der Waals surface area contributed by atoms with Gasteiger partial charge in [-0.2, -0.15) is 5.10 Å². The third kappa shape index (κ3) is 4.46. The predicted molar refractivity (Wildman–Crippen MR) is 86.3 cm³/mol. The Morgan fingerprint density at radius 3 is 2.78 bits per heavy atom. The van der Waals surface area contributed by atoms with Gasteiger partial charge in [0, 0.05) is 0 Å². The second-order valence-electron chi connectivity index (χ2n) is 4.46. The molecule has 122 valence electrons. The fraction of sp³-hybridized carbons (Fsp3) is 0.286. The topological polar surface area (TPSA) is 110 Å². The maximum atomic E-state index is 11.5. The van der Waals surface area contributed by atoms with Crippen LogP contribution in [0.2, 0.25) is 0 Å². The number of carboxylic acid groups (broad SMARTS) is 1. The summed E-state index contributed by atoms with van der Waals surface area (Å²) in [7, 11) is 3.08. The van der Waals surface area contributed by atoms with Crippen LogP contribution in [-0.4, -0.2) is 47.8 Å². The number of carbonyl (C=O) groups excluding carboxylic acids is 1. The van der Waals surface area contributed by atoms with Gasteiger partial charge in [-0.3, -0.25) is 9.59 Å². The number of carboxylic acids is 1. The molecular formula is C14H15N3O5S. The van der Waals surface area contributed by atoms with E-state index in [0.717, 1.165) is 17.3 Å². The first-order valence-electron chi connectivity index (χ1n) is 6.56. The molecular weight excluding hydrogens is 322 g/mol. The number of benzene rings is 1. The predicted octanol–water partition coefficient (Wildman–Crippen LogP) is 1.10. The van der Waals surface area contributed by atoms with Crippen molar-refractivity contribution in [2.24, 2.45) is 10.2 Å². The number of nitrogens with one attached hydrogen (secondary N) is 1. The Morgan fingerprint density at radius 1 is 1.39 bits per heavy atom. The van der Waals surface area contributed by atoms with E-state index in [2.05, 4.69) is 15.5 Å². The van der Waals surface area contributed by atoms with Crippen LogP contribution in [0.3, 0.4) is 0 Å². The smallest absolute Gasteiger partial charge is 0.305 e. The Bertz CT molecular complexity index is 674. The lowest BCUT2D eigenvalue weighted by atomic mass is 10.2. The van der Waals surface area contributed by atoms with Crippen molar-refractivity contribution in [2.75, 3.05) is 14.2 Å². The summed E-state index contributed by atoms with van der Waals surface area (Å²) in [4.78, 5) is 22.2. The van der Waals surface area contributed by atoms with Crippen molar-refractivity contribution in [3.8, 4) is 11.5 Å². The van der Waals surface area contributed by atoms with Gasteiger partial charge < -0.3 is 19.9 Å². The molecule has 0 unspecified atom stereocenters. The number of rotatable bonds is 6. The van der Waals surface area contributed by atoms with Gasteiger partial charge in [0.15, 0.2) is 16.7 Å². The van der Waals surface area contributed by atoms with Crippen molar-refractivity contribution in [3.63, 3.8) is 0 Å². The largest absolute Gasteiger partial charge is 0.493 e. The van der Waals surface area contributed by atoms with Gasteiger partial charge in [0.25, 0.3) is 0 Å². The summed E-state index contributed by atoms with van der Waals surface area (Å²) >= 11 is 1.05. The van der Waals surface area contributed by atoms with E-state index in [4.69, 9.17) is 14.6 Å². The Balaban J connectivity index is 2.04. The van der Waals surface area contributed by atoms with Crippen molar-refractivity contribution in [1.29, 1.82) is 0 Å². The maximum absolute atomic E-state index is 11.5. The van der Waals surface area contributed by atoms with Crippen LogP contribution in [0, 0.1) is 0 Å². The SMILES string of the molecule is COc1ccc(/C=N/N=C2/NC(=O)[C@H](CC(=O)O)S2)cc1OC. The van der Waals surface area contributed by atoms with Crippen molar-refractivity contribution in [2.45, 2.75) is 11.7 Å². The van der Waals surface area contributed by atoms with Gasteiger partial charge in [-0.25, -0.2) is 0 Å². The zero-order chi connectivity index (χ0) is 16.8. The summed E-state index contributed by atoms with van der Waals surface area (Å²) in [6, 6.07) is 5.25. The molecule has 1 aliphatic heterocycles. The monoisotopic (exact) mass is 337 g/mol. The number of amidine groups is 1. The van der Waals surface area contributed by atoms with Crippen LogP contribution in [0.4, 0.5) is 0 Å². The van der Waals surface area contributed by atoms with Gasteiger partial charge >= 0.3 is 5.97 Å². The van der Waals surface area contributed by atoms with Crippen LogP contribution in [0.5, 0.6) is 11.5 Å². The summed E-state index contributed by atoms with van der Waals surface area (Å²) in [6.07, 6.45) is 1.24. The number of ether oxygens (including phenoxy) is 2. The molecule has 1 aromatic carbocycles. The highest BCUT2D eigenvalue weighted by molar-refractivity contribution is 8.15. The van der Waals surface area contributed by atoms with E-state index in [0.29, 0.717) is 11.5 Å². The van der Waals surface area contributed by atoms with Crippen molar-refractivity contribution < 1.29 is 24.2 Å². The van der Waals surface area contributed by atoms with Gasteiger partial charge in [0.2, 0.25) is 5.91 Å². The molecule has 0 bridgehead atoms. The number of hydrogen-bond donors (Lipinski definition) is 2. The summed E-state index contributed by atoms with van der Waals surface area (Å²) in [5, 5.41) is 18.6. The van der Waals surface area contributed by atoms with E-state index in [-0.39, 0.29) is 17.5 Å². The Kier molecular flexibility index (Phi) is 5.58. The molecule has 0 aliphatic carbocycles. The molecule has 0 spiro atoms. The van der Waals surface area contributed by atoms with Crippen LogP contribution in [0.25, 0.3) is 0 Å². The number of nitrogens with zero attached hydrogens (tertiary/aromatic N) is 2. The van der Waals surface area contributed by atoms with Crippen molar-refractivity contribution in [1.82, 2.24) is 5.32 Å². The first-order chi connectivity index (χ1) is 11.0. The van der Waals surface area contributed by atoms with Gasteiger partial charge in [-0.05, 0) is 23.8 Å². The third-order valence-electron chi connectivity index (χ3n) is 2.90. The minimum absolute atomic E-state index is 0.255. The molecule has 2 rings (SSSR count). The summed E-state index contributed by atoms with van der Waals surface area (Å²) in [5.74, 6) is -0.245. The minimum Gasteiger partial charge on any atom is -0.493 e. The Hall–Kier alpha value is -2.55. The molecule has 0 radical (unpaired) electrons. The first-order valence-corrected chi connectivity index (χ1v) is 7.44. The van der Waals surface area contributed by atoms with E-state index in [9.17, 15) is 9.59 Å². The quantitative estimate of drug-likeness (QED) is 0.594. The van der Waals surface area contributed by atoms with E-state index in [1.807, 2.05) is 0 Å². The Morgan fingerprint density at radius 2 is 2.13 bits per heavy atom. The molecule has 2 N–H and O–H groups in total. The van der Waals surface area contributed by atoms with Crippen LogP contribution < -0.4 is 14.8 Å². The Labute approximate surface area is 136 Å². The minimum atomic E-state index is -1.03.